The van der Waals surface area contributed by atoms with Gasteiger partial charge < -0.3 is 4.74 Å². The summed E-state index contributed by atoms with van der Waals surface area (Å²) in [4.78, 5) is 11.8. The molecule has 0 atom stereocenters. The zero-order valence-electron chi connectivity index (χ0n) is 12.1. The van der Waals surface area contributed by atoms with E-state index in [9.17, 15) is 9.18 Å². The van der Waals surface area contributed by atoms with Crippen LogP contribution in [0.2, 0.25) is 0 Å². The molecule has 2 rings (SSSR count). The minimum absolute atomic E-state index is 0.0953. The van der Waals surface area contributed by atoms with E-state index in [0.717, 1.165) is 16.7 Å². The Bertz CT molecular complexity index is 675. The Labute approximate surface area is 118 Å². The maximum absolute atomic E-state index is 13.6. The van der Waals surface area contributed by atoms with Gasteiger partial charge in [0.05, 0.1) is 7.11 Å². The van der Waals surface area contributed by atoms with Gasteiger partial charge in [-0.25, -0.2) is 4.39 Å². The summed E-state index contributed by atoms with van der Waals surface area (Å²) in [5.74, 6) is 0.185. The van der Waals surface area contributed by atoms with Crippen molar-refractivity contribution < 1.29 is 13.9 Å². The van der Waals surface area contributed by atoms with Crippen molar-refractivity contribution in [2.24, 2.45) is 0 Å². The quantitative estimate of drug-likeness (QED) is 0.778. The fourth-order valence-corrected chi connectivity index (χ4v) is 2.47. The van der Waals surface area contributed by atoms with Gasteiger partial charge in [0.1, 0.15) is 11.6 Å². The van der Waals surface area contributed by atoms with Crippen LogP contribution in [0.5, 0.6) is 5.75 Å². The molecule has 0 aliphatic rings. The predicted octanol–water partition coefficient (Wildman–Crippen LogP) is 4.32. The molecule has 0 heterocycles. The number of ether oxygens (including phenoxy) is 1. The zero-order valence-corrected chi connectivity index (χ0v) is 12.1. The number of carbonyl (C=O) groups is 1. The van der Waals surface area contributed by atoms with Crippen molar-refractivity contribution in [3.8, 4) is 16.9 Å². The van der Waals surface area contributed by atoms with Crippen LogP contribution in [0, 0.1) is 19.7 Å². The van der Waals surface area contributed by atoms with Crippen molar-refractivity contribution in [2.75, 3.05) is 7.11 Å². The van der Waals surface area contributed by atoms with Gasteiger partial charge in [0.2, 0.25) is 0 Å². The first kappa shape index (κ1) is 14.3. The van der Waals surface area contributed by atoms with Gasteiger partial charge in [-0.2, -0.15) is 0 Å². The van der Waals surface area contributed by atoms with E-state index in [1.54, 1.807) is 7.11 Å². The van der Waals surface area contributed by atoms with Crippen molar-refractivity contribution in [1.29, 1.82) is 0 Å². The third kappa shape index (κ3) is 2.57. The molecule has 0 aliphatic carbocycles. The first-order valence-corrected chi connectivity index (χ1v) is 6.40. The second kappa shape index (κ2) is 5.45. The topological polar surface area (TPSA) is 26.3 Å². The number of ketones is 1. The third-order valence-electron chi connectivity index (χ3n) is 3.29. The summed E-state index contributed by atoms with van der Waals surface area (Å²) in [6.45, 7) is 5.38. The smallest absolute Gasteiger partial charge is 0.160 e. The fourth-order valence-electron chi connectivity index (χ4n) is 2.47. The number of carbonyl (C=O) groups excluding carboxylic acids is 1. The molecule has 0 spiro atoms. The van der Waals surface area contributed by atoms with E-state index in [1.807, 2.05) is 26.0 Å². The summed E-state index contributed by atoms with van der Waals surface area (Å²) in [5.41, 5.74) is 3.85. The second-order valence-electron chi connectivity index (χ2n) is 4.91. The Morgan fingerprint density at radius 3 is 2.45 bits per heavy atom. The number of Topliss-reactive ketones (excluding diaryl/α,β-unsaturated/α-hetero) is 1. The highest BCUT2D eigenvalue weighted by Gasteiger charge is 2.16. The number of rotatable bonds is 3. The van der Waals surface area contributed by atoms with E-state index in [0.29, 0.717) is 16.9 Å². The normalized spacial score (nSPS) is 10.4. The average Bonchev–Trinajstić information content (AvgIpc) is 2.37. The molecule has 0 radical (unpaired) electrons. The molecular weight excluding hydrogens is 255 g/mol. The molecule has 2 aromatic rings. The Morgan fingerprint density at radius 1 is 1.15 bits per heavy atom. The molecule has 0 amide bonds. The van der Waals surface area contributed by atoms with Gasteiger partial charge in [-0.15, -0.1) is 0 Å². The molecule has 20 heavy (non-hydrogen) atoms. The molecule has 0 saturated carbocycles. The van der Waals surface area contributed by atoms with Crippen LogP contribution in [-0.4, -0.2) is 12.9 Å². The van der Waals surface area contributed by atoms with Gasteiger partial charge in [0, 0.05) is 11.1 Å². The number of hydrogen-bond donors (Lipinski definition) is 0. The third-order valence-corrected chi connectivity index (χ3v) is 3.29. The Kier molecular flexibility index (Phi) is 3.89. The van der Waals surface area contributed by atoms with Crippen LogP contribution in [0.25, 0.3) is 11.1 Å². The number of methoxy groups -OCH3 is 1. The van der Waals surface area contributed by atoms with Gasteiger partial charge in [0.25, 0.3) is 0 Å². The van der Waals surface area contributed by atoms with Gasteiger partial charge in [-0.1, -0.05) is 6.07 Å². The fraction of sp³-hybridized carbons (Fsp3) is 0.235. The number of halogens is 1. The highest BCUT2D eigenvalue weighted by atomic mass is 19.1. The highest BCUT2D eigenvalue weighted by Crippen LogP contribution is 2.36. The number of aryl methyl sites for hydroxylation is 2. The van der Waals surface area contributed by atoms with Crippen LogP contribution in [-0.2, 0) is 0 Å². The first-order valence-electron chi connectivity index (χ1n) is 6.40. The van der Waals surface area contributed by atoms with Gasteiger partial charge >= 0.3 is 0 Å². The van der Waals surface area contributed by atoms with Crippen LogP contribution in [0.3, 0.4) is 0 Å². The van der Waals surface area contributed by atoms with Crippen molar-refractivity contribution in [3.05, 3.63) is 52.8 Å². The number of hydrogen-bond acceptors (Lipinski definition) is 2. The summed E-state index contributed by atoms with van der Waals surface area (Å²) < 4.78 is 19.0. The summed E-state index contributed by atoms with van der Waals surface area (Å²) in [6.07, 6.45) is 0. The lowest BCUT2D eigenvalue weighted by atomic mass is 9.92. The SMILES string of the molecule is COc1cc(C)cc(C)c1-c1cc(F)ccc1C(C)=O. The molecule has 3 heteroatoms. The van der Waals surface area contributed by atoms with Crippen molar-refractivity contribution in [2.45, 2.75) is 20.8 Å². The van der Waals surface area contributed by atoms with E-state index >= 15 is 0 Å². The molecule has 0 bridgehead atoms. The lowest BCUT2D eigenvalue weighted by Gasteiger charge is -2.15. The van der Waals surface area contributed by atoms with Crippen LogP contribution >= 0.6 is 0 Å². The van der Waals surface area contributed by atoms with Crippen LogP contribution in [0.1, 0.15) is 28.4 Å². The first-order chi connectivity index (χ1) is 9.43. The van der Waals surface area contributed by atoms with E-state index in [4.69, 9.17) is 4.74 Å². The van der Waals surface area contributed by atoms with E-state index < -0.39 is 0 Å². The molecule has 0 unspecified atom stereocenters. The molecule has 0 fully saturated rings. The summed E-state index contributed by atoms with van der Waals surface area (Å²) in [5, 5.41) is 0. The van der Waals surface area contributed by atoms with Crippen molar-refractivity contribution >= 4 is 5.78 Å². The zero-order chi connectivity index (χ0) is 14.9. The summed E-state index contributed by atoms with van der Waals surface area (Å²) >= 11 is 0. The van der Waals surface area contributed by atoms with Crippen LogP contribution < -0.4 is 4.74 Å². The molecule has 0 aliphatic heterocycles. The Hall–Kier alpha value is -2.16. The molecular formula is C17H17FO2. The average molecular weight is 272 g/mol. The predicted molar refractivity (Wildman–Crippen MR) is 77.9 cm³/mol. The molecule has 0 saturated heterocycles. The van der Waals surface area contributed by atoms with Gasteiger partial charge in [-0.05, 0) is 61.7 Å². The monoisotopic (exact) mass is 272 g/mol. The summed E-state index contributed by atoms with van der Waals surface area (Å²) in [6, 6.07) is 8.09. The minimum atomic E-state index is -0.368. The molecule has 104 valence electrons. The van der Waals surface area contributed by atoms with Gasteiger partial charge in [0.15, 0.2) is 5.78 Å². The number of benzene rings is 2. The van der Waals surface area contributed by atoms with Crippen LogP contribution in [0.4, 0.5) is 4.39 Å². The Morgan fingerprint density at radius 2 is 1.85 bits per heavy atom. The van der Waals surface area contributed by atoms with Crippen molar-refractivity contribution in [1.82, 2.24) is 0 Å². The maximum atomic E-state index is 13.6. The molecule has 0 aromatic heterocycles. The minimum Gasteiger partial charge on any atom is -0.496 e. The Balaban J connectivity index is 2.80. The standard InChI is InChI=1S/C17H17FO2/c1-10-7-11(2)17(16(8-10)20-4)15-9-13(18)5-6-14(15)12(3)19/h5-9H,1-4H3. The second-order valence-corrected chi connectivity index (χ2v) is 4.91. The van der Waals surface area contributed by atoms with E-state index in [2.05, 4.69) is 0 Å². The van der Waals surface area contributed by atoms with Crippen LogP contribution in [0.15, 0.2) is 30.3 Å². The lowest BCUT2D eigenvalue weighted by Crippen LogP contribution is -2.00. The largest absolute Gasteiger partial charge is 0.496 e. The highest BCUT2D eigenvalue weighted by molar-refractivity contribution is 6.01. The summed E-state index contributed by atoms with van der Waals surface area (Å²) in [7, 11) is 1.57. The molecule has 2 aromatic carbocycles. The van der Waals surface area contributed by atoms with E-state index in [-0.39, 0.29) is 11.6 Å². The maximum Gasteiger partial charge on any atom is 0.160 e. The lowest BCUT2D eigenvalue weighted by molar-refractivity contribution is 0.101. The van der Waals surface area contributed by atoms with E-state index in [1.165, 1.54) is 25.1 Å². The molecule has 0 N–H and O–H groups in total. The van der Waals surface area contributed by atoms with Gasteiger partial charge in [-0.3, -0.25) is 4.79 Å². The molecule has 2 nitrogen and oxygen atoms in total. The van der Waals surface area contributed by atoms with Crippen molar-refractivity contribution in [3.63, 3.8) is 0 Å².